The number of amides is 1. The number of anilines is 1. The van der Waals surface area contributed by atoms with Crippen LogP contribution < -0.4 is 15.4 Å². The van der Waals surface area contributed by atoms with Crippen molar-refractivity contribution in [3.63, 3.8) is 0 Å². The summed E-state index contributed by atoms with van der Waals surface area (Å²) in [5, 5.41) is 7.35. The van der Waals surface area contributed by atoms with Crippen molar-refractivity contribution in [2.45, 2.75) is 26.8 Å². The summed E-state index contributed by atoms with van der Waals surface area (Å²) >= 11 is 1.72. The highest BCUT2D eigenvalue weighted by Crippen LogP contribution is 2.14. The molecule has 28 heavy (non-hydrogen) atoms. The highest BCUT2D eigenvalue weighted by Gasteiger charge is 2.04. The van der Waals surface area contributed by atoms with Crippen LogP contribution >= 0.6 is 11.3 Å². The van der Waals surface area contributed by atoms with Gasteiger partial charge in [0.25, 0.3) is 5.91 Å². The molecule has 146 valence electrons. The normalized spacial score (nSPS) is 10.6. The first kappa shape index (κ1) is 20.0. The number of benzene rings is 2. The fourth-order valence-corrected chi connectivity index (χ4v) is 3.43. The van der Waals surface area contributed by atoms with Gasteiger partial charge in [-0.25, -0.2) is 4.98 Å². The average Bonchev–Trinajstić information content (AvgIpc) is 3.11. The van der Waals surface area contributed by atoms with Crippen LogP contribution in [0.4, 0.5) is 5.69 Å². The Morgan fingerprint density at radius 3 is 2.50 bits per heavy atom. The number of rotatable bonds is 9. The van der Waals surface area contributed by atoms with E-state index in [4.69, 9.17) is 4.74 Å². The first-order valence-electron chi connectivity index (χ1n) is 9.29. The van der Waals surface area contributed by atoms with E-state index in [1.54, 1.807) is 11.3 Å². The van der Waals surface area contributed by atoms with Crippen molar-refractivity contribution in [3.8, 4) is 5.75 Å². The molecule has 0 fully saturated rings. The molecule has 0 saturated heterocycles. The molecule has 0 atom stereocenters. The minimum Gasteiger partial charge on any atom is -0.484 e. The fourth-order valence-electron chi connectivity index (χ4n) is 2.67. The van der Waals surface area contributed by atoms with Gasteiger partial charge in [0.05, 0.1) is 5.01 Å². The number of nitrogens with zero attached hydrogens (tertiary/aromatic N) is 1. The van der Waals surface area contributed by atoms with Gasteiger partial charge in [-0.15, -0.1) is 11.3 Å². The monoisotopic (exact) mass is 395 g/mol. The molecule has 0 bridgehead atoms. The largest absolute Gasteiger partial charge is 0.484 e. The minimum atomic E-state index is -0.171. The second-order valence-corrected chi connectivity index (χ2v) is 7.94. The van der Waals surface area contributed by atoms with Crippen molar-refractivity contribution in [3.05, 3.63) is 75.7 Å². The third-order valence-corrected chi connectivity index (χ3v) is 5.10. The van der Waals surface area contributed by atoms with E-state index >= 15 is 0 Å². The van der Waals surface area contributed by atoms with Crippen LogP contribution in [0.25, 0.3) is 0 Å². The molecular formula is C22H25N3O2S. The molecule has 2 N–H and O–H groups in total. The summed E-state index contributed by atoms with van der Waals surface area (Å²) in [4.78, 5) is 17.5. The van der Waals surface area contributed by atoms with Crippen molar-refractivity contribution < 1.29 is 9.53 Å². The van der Waals surface area contributed by atoms with Gasteiger partial charge in [0.15, 0.2) is 6.61 Å². The number of hydrogen-bond acceptors (Lipinski definition) is 5. The summed E-state index contributed by atoms with van der Waals surface area (Å²) < 4.78 is 5.57. The Morgan fingerprint density at radius 1 is 1.07 bits per heavy atom. The van der Waals surface area contributed by atoms with Gasteiger partial charge in [-0.2, -0.15) is 0 Å². The lowest BCUT2D eigenvalue weighted by molar-refractivity contribution is -0.118. The van der Waals surface area contributed by atoms with E-state index in [1.807, 2.05) is 68.6 Å². The Morgan fingerprint density at radius 2 is 1.82 bits per heavy atom. The molecular weight excluding hydrogens is 370 g/mol. The van der Waals surface area contributed by atoms with Crippen molar-refractivity contribution >= 4 is 22.9 Å². The first-order valence-corrected chi connectivity index (χ1v) is 10.1. The van der Waals surface area contributed by atoms with Crippen LogP contribution in [-0.4, -0.2) is 24.0 Å². The molecule has 0 spiro atoms. The Balaban J connectivity index is 1.36. The maximum Gasteiger partial charge on any atom is 0.262 e. The van der Waals surface area contributed by atoms with Crippen LogP contribution in [0.1, 0.15) is 21.0 Å². The van der Waals surface area contributed by atoms with Crippen molar-refractivity contribution in [1.82, 2.24) is 10.3 Å². The molecule has 3 aromatic rings. The van der Waals surface area contributed by atoms with Crippen LogP contribution in [0, 0.1) is 13.8 Å². The van der Waals surface area contributed by atoms with Crippen LogP contribution in [0.3, 0.4) is 0 Å². The van der Waals surface area contributed by atoms with E-state index in [-0.39, 0.29) is 12.5 Å². The summed E-state index contributed by atoms with van der Waals surface area (Å²) in [6.45, 7) is 5.77. The van der Waals surface area contributed by atoms with Crippen LogP contribution in [0.2, 0.25) is 0 Å². The standard InChI is InChI=1S/C22H25N3O2S/c1-16-3-7-19(8-4-16)25-22(26)15-27-20-9-5-18(6-10-20)11-12-23-13-21-14-24-17(2)28-21/h3-10,14,23H,11-13,15H2,1-2H3,(H,25,26). The summed E-state index contributed by atoms with van der Waals surface area (Å²) in [5.74, 6) is 0.520. The quantitative estimate of drug-likeness (QED) is 0.535. The minimum absolute atomic E-state index is 0.0109. The summed E-state index contributed by atoms with van der Waals surface area (Å²) in [6.07, 6.45) is 2.86. The number of aryl methyl sites for hydroxylation is 2. The molecule has 5 nitrogen and oxygen atoms in total. The zero-order valence-corrected chi connectivity index (χ0v) is 17.0. The molecule has 0 aliphatic carbocycles. The highest BCUT2D eigenvalue weighted by atomic mass is 32.1. The fraction of sp³-hybridized carbons (Fsp3) is 0.273. The number of thiazole rings is 1. The molecule has 2 aromatic carbocycles. The Hall–Kier alpha value is -2.70. The molecule has 1 heterocycles. The van der Waals surface area contributed by atoms with E-state index in [2.05, 4.69) is 15.6 Å². The van der Waals surface area contributed by atoms with Gasteiger partial charge in [0.1, 0.15) is 5.75 Å². The Labute approximate surface area is 169 Å². The first-order chi connectivity index (χ1) is 13.6. The zero-order valence-electron chi connectivity index (χ0n) is 16.2. The number of nitrogens with one attached hydrogen (secondary N) is 2. The predicted octanol–water partition coefficient (Wildman–Crippen LogP) is 4.11. The van der Waals surface area contributed by atoms with Crippen molar-refractivity contribution in [2.75, 3.05) is 18.5 Å². The third kappa shape index (κ3) is 6.48. The Bertz CT molecular complexity index is 889. The molecule has 1 aromatic heterocycles. The van der Waals surface area contributed by atoms with Gasteiger partial charge in [0, 0.05) is 23.3 Å². The maximum absolute atomic E-state index is 12.0. The third-order valence-electron chi connectivity index (χ3n) is 4.19. The second-order valence-electron chi connectivity index (χ2n) is 6.62. The van der Waals surface area contributed by atoms with E-state index in [9.17, 15) is 4.79 Å². The second kappa shape index (κ2) is 10.0. The average molecular weight is 396 g/mol. The molecule has 6 heteroatoms. The SMILES string of the molecule is Cc1ccc(NC(=O)COc2ccc(CCNCc3cnc(C)s3)cc2)cc1. The highest BCUT2D eigenvalue weighted by molar-refractivity contribution is 7.11. The van der Waals surface area contributed by atoms with E-state index in [0.29, 0.717) is 5.75 Å². The van der Waals surface area contributed by atoms with Gasteiger partial charge in [-0.3, -0.25) is 4.79 Å². The lowest BCUT2D eigenvalue weighted by Crippen LogP contribution is -2.20. The number of ether oxygens (including phenoxy) is 1. The Kier molecular flexibility index (Phi) is 7.17. The summed E-state index contributed by atoms with van der Waals surface area (Å²) in [6, 6.07) is 15.6. The predicted molar refractivity (Wildman–Crippen MR) is 114 cm³/mol. The summed E-state index contributed by atoms with van der Waals surface area (Å²) in [5.41, 5.74) is 3.16. The molecule has 0 saturated carbocycles. The molecule has 0 radical (unpaired) electrons. The molecule has 1 amide bonds. The van der Waals surface area contributed by atoms with Gasteiger partial charge in [-0.05, 0) is 56.6 Å². The van der Waals surface area contributed by atoms with Crippen molar-refractivity contribution in [1.29, 1.82) is 0 Å². The number of carbonyl (C=O) groups is 1. The van der Waals surface area contributed by atoms with Gasteiger partial charge >= 0.3 is 0 Å². The van der Waals surface area contributed by atoms with Crippen LogP contribution in [0.5, 0.6) is 5.75 Å². The van der Waals surface area contributed by atoms with E-state index in [0.717, 1.165) is 35.8 Å². The topological polar surface area (TPSA) is 63.2 Å². The van der Waals surface area contributed by atoms with Crippen LogP contribution in [0.15, 0.2) is 54.7 Å². The van der Waals surface area contributed by atoms with E-state index < -0.39 is 0 Å². The smallest absolute Gasteiger partial charge is 0.262 e. The van der Waals surface area contributed by atoms with Crippen LogP contribution in [-0.2, 0) is 17.8 Å². The molecule has 0 unspecified atom stereocenters. The van der Waals surface area contributed by atoms with Gasteiger partial charge in [0.2, 0.25) is 0 Å². The number of carbonyl (C=O) groups excluding carboxylic acids is 1. The molecule has 0 aliphatic rings. The van der Waals surface area contributed by atoms with Gasteiger partial charge in [-0.1, -0.05) is 29.8 Å². The molecule has 0 aliphatic heterocycles. The lowest BCUT2D eigenvalue weighted by Gasteiger charge is -2.09. The number of aromatic nitrogens is 1. The lowest BCUT2D eigenvalue weighted by atomic mass is 10.1. The van der Waals surface area contributed by atoms with Gasteiger partial charge < -0.3 is 15.4 Å². The maximum atomic E-state index is 12.0. The van der Waals surface area contributed by atoms with Crippen molar-refractivity contribution in [2.24, 2.45) is 0 Å². The molecule has 3 rings (SSSR count). The number of hydrogen-bond donors (Lipinski definition) is 2. The zero-order chi connectivity index (χ0) is 19.8. The summed E-state index contributed by atoms with van der Waals surface area (Å²) in [7, 11) is 0. The van der Waals surface area contributed by atoms with E-state index in [1.165, 1.54) is 10.4 Å².